The zero-order valence-electron chi connectivity index (χ0n) is 16.5. The normalized spacial score (nSPS) is 15.6. The molecule has 4 rings (SSSR count). The summed E-state index contributed by atoms with van der Waals surface area (Å²) in [5.74, 6) is 0.912. The van der Waals surface area contributed by atoms with Gasteiger partial charge in [0.1, 0.15) is 11.3 Å². The van der Waals surface area contributed by atoms with Crippen molar-refractivity contribution in [1.82, 2.24) is 0 Å². The van der Waals surface area contributed by atoms with Gasteiger partial charge in [0.05, 0.1) is 27.8 Å². The Kier molecular flexibility index (Phi) is 4.66. The Morgan fingerprint density at radius 1 is 0.966 bits per heavy atom. The molecule has 0 amide bonds. The van der Waals surface area contributed by atoms with E-state index in [0.29, 0.717) is 39.7 Å². The van der Waals surface area contributed by atoms with Crippen LogP contribution in [0.25, 0.3) is 11.0 Å². The quantitative estimate of drug-likeness (QED) is 0.379. The van der Waals surface area contributed by atoms with Crippen LogP contribution in [0.5, 0.6) is 23.0 Å². The van der Waals surface area contributed by atoms with E-state index in [1.54, 1.807) is 18.2 Å². The highest BCUT2D eigenvalue weighted by Gasteiger charge is 2.35. The monoisotopic (exact) mass is 396 g/mol. The lowest BCUT2D eigenvalue weighted by Gasteiger charge is -2.27. The minimum absolute atomic E-state index is 0.0651. The highest BCUT2D eigenvalue weighted by Crippen LogP contribution is 2.49. The fourth-order valence-electron chi connectivity index (χ4n) is 3.90. The SMILES string of the molecule is COc1ccc([C@H]2CC(=O)Oc3ccc4c(C)cc(=O)oc4c32)c(OC)c1OC. The summed E-state index contributed by atoms with van der Waals surface area (Å²) in [6, 6.07) is 8.52. The summed E-state index contributed by atoms with van der Waals surface area (Å²) in [6.45, 7) is 1.84. The second-order valence-electron chi connectivity index (χ2n) is 6.76. The topological polar surface area (TPSA) is 84.2 Å². The predicted octanol–water partition coefficient (Wildman–Crippen LogP) is 3.57. The van der Waals surface area contributed by atoms with Gasteiger partial charge >= 0.3 is 11.6 Å². The molecule has 7 nitrogen and oxygen atoms in total. The first-order valence-corrected chi connectivity index (χ1v) is 9.05. The Bertz CT molecular complexity index is 1180. The van der Waals surface area contributed by atoms with Crippen LogP contribution in [-0.4, -0.2) is 27.3 Å². The Morgan fingerprint density at radius 2 is 1.72 bits per heavy atom. The highest BCUT2D eigenvalue weighted by atomic mass is 16.5. The van der Waals surface area contributed by atoms with Gasteiger partial charge in [-0.05, 0) is 30.7 Å². The maximum absolute atomic E-state index is 12.3. The lowest BCUT2D eigenvalue weighted by molar-refractivity contribution is -0.135. The zero-order valence-corrected chi connectivity index (χ0v) is 16.5. The van der Waals surface area contributed by atoms with Gasteiger partial charge in [-0.1, -0.05) is 6.07 Å². The van der Waals surface area contributed by atoms with E-state index in [0.717, 1.165) is 10.9 Å². The molecule has 0 fully saturated rings. The van der Waals surface area contributed by atoms with E-state index in [4.69, 9.17) is 23.4 Å². The summed E-state index contributed by atoms with van der Waals surface area (Å²) in [4.78, 5) is 24.4. The van der Waals surface area contributed by atoms with Crippen molar-refractivity contribution in [1.29, 1.82) is 0 Å². The zero-order chi connectivity index (χ0) is 20.7. The highest BCUT2D eigenvalue weighted by molar-refractivity contribution is 5.90. The van der Waals surface area contributed by atoms with Crippen molar-refractivity contribution in [2.45, 2.75) is 19.3 Å². The molecule has 150 valence electrons. The average molecular weight is 396 g/mol. The number of carbonyl (C=O) groups is 1. The van der Waals surface area contributed by atoms with Crippen LogP contribution in [0.15, 0.2) is 39.5 Å². The van der Waals surface area contributed by atoms with Gasteiger partial charge < -0.3 is 23.4 Å². The first-order valence-electron chi connectivity index (χ1n) is 9.05. The number of aryl methyl sites for hydroxylation is 1. The van der Waals surface area contributed by atoms with Crippen molar-refractivity contribution in [3.8, 4) is 23.0 Å². The van der Waals surface area contributed by atoms with Crippen molar-refractivity contribution in [3.05, 3.63) is 57.4 Å². The van der Waals surface area contributed by atoms with E-state index in [9.17, 15) is 9.59 Å². The first kappa shape index (κ1) is 18.9. The van der Waals surface area contributed by atoms with Gasteiger partial charge in [-0.25, -0.2) is 4.79 Å². The molecule has 3 aromatic rings. The molecule has 2 aromatic carbocycles. The summed E-state index contributed by atoms with van der Waals surface area (Å²) < 4.78 is 27.5. The van der Waals surface area contributed by atoms with Gasteiger partial charge in [0.25, 0.3) is 0 Å². The Hall–Kier alpha value is -3.48. The molecule has 0 unspecified atom stereocenters. The van der Waals surface area contributed by atoms with Crippen LogP contribution in [0.4, 0.5) is 0 Å². The number of hydrogen-bond donors (Lipinski definition) is 0. The Balaban J connectivity index is 2.04. The summed E-state index contributed by atoms with van der Waals surface area (Å²) in [7, 11) is 4.58. The van der Waals surface area contributed by atoms with Crippen LogP contribution in [0.2, 0.25) is 0 Å². The second-order valence-corrected chi connectivity index (χ2v) is 6.76. The standard InChI is InChI=1S/C22H20O7/c1-11-9-17(23)29-20-12(11)5-7-15-19(20)14(10-18(24)28-15)13-6-8-16(25-2)22(27-4)21(13)26-3/h5-9,14H,10H2,1-4H3/t14-/m1/s1. The number of rotatable bonds is 4. The molecular weight excluding hydrogens is 376 g/mol. The molecule has 0 radical (unpaired) electrons. The van der Waals surface area contributed by atoms with Crippen molar-refractivity contribution in [2.24, 2.45) is 0 Å². The lowest BCUT2D eigenvalue weighted by atomic mass is 9.84. The molecule has 29 heavy (non-hydrogen) atoms. The van der Waals surface area contributed by atoms with E-state index < -0.39 is 11.5 Å². The largest absolute Gasteiger partial charge is 0.493 e. The van der Waals surface area contributed by atoms with E-state index >= 15 is 0 Å². The van der Waals surface area contributed by atoms with Gasteiger partial charge in [-0.2, -0.15) is 0 Å². The van der Waals surface area contributed by atoms with E-state index in [2.05, 4.69) is 0 Å². The first-order chi connectivity index (χ1) is 14.0. The Labute approximate surface area is 166 Å². The third-order valence-corrected chi connectivity index (χ3v) is 5.17. The molecule has 1 aliphatic heterocycles. The smallest absolute Gasteiger partial charge is 0.336 e. The van der Waals surface area contributed by atoms with Crippen molar-refractivity contribution in [3.63, 3.8) is 0 Å². The second kappa shape index (κ2) is 7.16. The van der Waals surface area contributed by atoms with Crippen LogP contribution in [-0.2, 0) is 4.79 Å². The molecule has 0 spiro atoms. The van der Waals surface area contributed by atoms with Crippen molar-refractivity contribution in [2.75, 3.05) is 21.3 Å². The summed E-state index contributed by atoms with van der Waals surface area (Å²) >= 11 is 0. The molecule has 7 heteroatoms. The molecule has 1 aromatic heterocycles. The molecule has 0 bridgehead atoms. The number of benzene rings is 2. The molecule has 0 saturated carbocycles. The van der Waals surface area contributed by atoms with Gasteiger partial charge in [0.2, 0.25) is 5.75 Å². The third kappa shape index (κ3) is 2.99. The van der Waals surface area contributed by atoms with Crippen LogP contribution < -0.4 is 24.6 Å². The number of carbonyl (C=O) groups excluding carboxylic acids is 1. The van der Waals surface area contributed by atoms with Gasteiger partial charge in [0.15, 0.2) is 11.5 Å². The Morgan fingerprint density at radius 3 is 2.41 bits per heavy atom. The third-order valence-electron chi connectivity index (χ3n) is 5.17. The summed E-state index contributed by atoms with van der Waals surface area (Å²) in [5, 5.41) is 0.783. The number of fused-ring (bicyclic) bond motifs is 3. The molecule has 2 heterocycles. The van der Waals surface area contributed by atoms with E-state index in [1.165, 1.54) is 27.4 Å². The van der Waals surface area contributed by atoms with Gasteiger partial charge in [0, 0.05) is 28.5 Å². The predicted molar refractivity (Wildman–Crippen MR) is 105 cm³/mol. The number of hydrogen-bond acceptors (Lipinski definition) is 7. The summed E-state index contributed by atoms with van der Waals surface area (Å²) in [6.07, 6.45) is 0.0651. The van der Waals surface area contributed by atoms with Crippen LogP contribution in [0.3, 0.4) is 0 Å². The number of ether oxygens (including phenoxy) is 4. The van der Waals surface area contributed by atoms with Gasteiger partial charge in [-0.3, -0.25) is 4.79 Å². The average Bonchev–Trinajstić information content (AvgIpc) is 2.71. The number of esters is 1. The maximum atomic E-state index is 12.3. The minimum Gasteiger partial charge on any atom is -0.493 e. The summed E-state index contributed by atoms with van der Waals surface area (Å²) in [5.41, 5.74) is 2.07. The minimum atomic E-state index is -0.460. The fraction of sp³-hybridized carbons (Fsp3) is 0.273. The van der Waals surface area contributed by atoms with Crippen LogP contribution in [0.1, 0.15) is 29.0 Å². The van der Waals surface area contributed by atoms with Gasteiger partial charge in [-0.15, -0.1) is 0 Å². The van der Waals surface area contributed by atoms with E-state index in [-0.39, 0.29) is 12.4 Å². The lowest BCUT2D eigenvalue weighted by Crippen LogP contribution is -2.22. The molecule has 1 aliphatic rings. The molecule has 0 aliphatic carbocycles. The number of methoxy groups -OCH3 is 3. The molecule has 1 atom stereocenters. The fourth-order valence-corrected chi connectivity index (χ4v) is 3.90. The molecule has 0 saturated heterocycles. The van der Waals surface area contributed by atoms with E-state index in [1.807, 2.05) is 13.0 Å². The molecule has 0 N–H and O–H groups in total. The van der Waals surface area contributed by atoms with Crippen LogP contribution in [0, 0.1) is 6.92 Å². The van der Waals surface area contributed by atoms with Crippen molar-refractivity contribution < 1.29 is 28.2 Å². The maximum Gasteiger partial charge on any atom is 0.336 e. The van der Waals surface area contributed by atoms with Crippen LogP contribution >= 0.6 is 0 Å². The van der Waals surface area contributed by atoms with Crippen molar-refractivity contribution >= 4 is 16.9 Å². The molecular formula is C22H20O7.